The molecule has 0 aliphatic carbocycles. The van der Waals surface area contributed by atoms with Crippen molar-refractivity contribution < 1.29 is 15.3 Å². The average Bonchev–Trinajstić information content (AvgIpc) is 2.53. The van der Waals surface area contributed by atoms with Crippen LogP contribution in [0.25, 0.3) is 0 Å². The Hall–Kier alpha value is -0.940. The first-order valence-electron chi connectivity index (χ1n) is 8.81. The Morgan fingerprint density at radius 3 is 2.52 bits per heavy atom. The van der Waals surface area contributed by atoms with Crippen molar-refractivity contribution in [3.63, 3.8) is 0 Å². The van der Waals surface area contributed by atoms with E-state index in [-0.39, 0.29) is 25.4 Å². The van der Waals surface area contributed by atoms with Gasteiger partial charge in [0.2, 0.25) is 0 Å². The van der Waals surface area contributed by atoms with Crippen LogP contribution >= 0.6 is 0 Å². The molecular weight excluding hydrogens is 290 g/mol. The molecule has 4 nitrogen and oxygen atoms in total. The molecule has 0 saturated carbocycles. The van der Waals surface area contributed by atoms with Crippen LogP contribution in [0.2, 0.25) is 0 Å². The lowest BCUT2D eigenvalue weighted by Crippen LogP contribution is -2.48. The van der Waals surface area contributed by atoms with Crippen molar-refractivity contribution in [1.82, 2.24) is 4.90 Å². The van der Waals surface area contributed by atoms with Crippen LogP contribution in [0.1, 0.15) is 55.0 Å². The predicted octanol–water partition coefficient (Wildman–Crippen LogP) is 2.00. The van der Waals surface area contributed by atoms with Gasteiger partial charge in [-0.3, -0.25) is 4.90 Å². The maximum absolute atomic E-state index is 10.6. The smallest absolute Gasteiger partial charge is 0.0685 e. The topological polar surface area (TPSA) is 63.9 Å². The van der Waals surface area contributed by atoms with Crippen LogP contribution in [0, 0.1) is 11.8 Å². The maximum atomic E-state index is 10.6. The van der Waals surface area contributed by atoms with Gasteiger partial charge in [-0.05, 0) is 53.4 Å². The van der Waals surface area contributed by atoms with Crippen LogP contribution in [0.15, 0.2) is 12.1 Å². The van der Waals surface area contributed by atoms with E-state index in [1.165, 1.54) is 11.1 Å². The van der Waals surface area contributed by atoms with Crippen LogP contribution in [-0.2, 0) is 19.6 Å². The molecule has 23 heavy (non-hydrogen) atoms. The van der Waals surface area contributed by atoms with Crippen LogP contribution in [-0.4, -0.2) is 39.4 Å². The van der Waals surface area contributed by atoms with Gasteiger partial charge in [0.15, 0.2) is 0 Å². The van der Waals surface area contributed by atoms with Crippen molar-refractivity contribution in [2.75, 3.05) is 13.1 Å². The van der Waals surface area contributed by atoms with Crippen molar-refractivity contribution in [3.05, 3.63) is 34.4 Å². The molecule has 2 aliphatic heterocycles. The zero-order chi connectivity index (χ0) is 16.6. The minimum Gasteiger partial charge on any atom is -0.393 e. The number of rotatable bonds is 4. The van der Waals surface area contributed by atoms with Gasteiger partial charge >= 0.3 is 0 Å². The van der Waals surface area contributed by atoms with Crippen LogP contribution < -0.4 is 0 Å². The zero-order valence-corrected chi connectivity index (χ0v) is 14.2. The molecule has 0 spiro atoms. The molecule has 128 valence electrons. The zero-order valence-electron chi connectivity index (χ0n) is 14.2. The quantitative estimate of drug-likeness (QED) is 0.794. The summed E-state index contributed by atoms with van der Waals surface area (Å²) in [6, 6.07) is 4.34. The van der Waals surface area contributed by atoms with E-state index < -0.39 is 0 Å². The molecule has 2 unspecified atom stereocenters. The Balaban J connectivity index is 1.87. The molecular formula is C19H29NO3. The summed E-state index contributed by atoms with van der Waals surface area (Å²) in [6.07, 6.45) is 2.57. The van der Waals surface area contributed by atoms with E-state index in [0.717, 1.165) is 43.5 Å². The van der Waals surface area contributed by atoms with E-state index in [4.69, 9.17) is 0 Å². The third kappa shape index (κ3) is 3.31. The number of aliphatic hydroxyl groups excluding tert-OH is 3. The van der Waals surface area contributed by atoms with Gasteiger partial charge in [-0.1, -0.05) is 26.0 Å². The van der Waals surface area contributed by atoms with E-state index >= 15 is 0 Å². The van der Waals surface area contributed by atoms with E-state index in [1.807, 2.05) is 12.1 Å². The molecule has 1 aromatic carbocycles. The van der Waals surface area contributed by atoms with Crippen molar-refractivity contribution >= 4 is 0 Å². The molecule has 0 amide bonds. The van der Waals surface area contributed by atoms with Crippen LogP contribution in [0.4, 0.5) is 0 Å². The molecule has 0 radical (unpaired) electrons. The third-order valence-corrected chi connectivity index (χ3v) is 5.52. The fourth-order valence-corrected chi connectivity index (χ4v) is 4.37. The summed E-state index contributed by atoms with van der Waals surface area (Å²) in [5.41, 5.74) is 4.14. The van der Waals surface area contributed by atoms with E-state index in [1.54, 1.807) is 0 Å². The van der Waals surface area contributed by atoms with Gasteiger partial charge in [-0.25, -0.2) is 0 Å². The molecule has 4 heteroatoms. The Kier molecular flexibility index (Phi) is 5.07. The van der Waals surface area contributed by atoms with E-state index in [0.29, 0.717) is 11.8 Å². The number of piperidine rings is 1. The van der Waals surface area contributed by atoms with Gasteiger partial charge in [0.05, 0.1) is 19.3 Å². The first-order chi connectivity index (χ1) is 11.0. The minimum absolute atomic E-state index is 0.0311. The number of fused-ring (bicyclic) bond motifs is 3. The standard InChI is InChI=1S/C19H29NO3/c1-12(2)5-14-9-20-4-3-13-6-15(10-21)16(11-22)7-17(13)18(20)8-19(14)23/h6-7,12,14,18-19,21-23H,3-5,8-11H2,1-2H3/t14-,18?,19?/m0/s1. The molecule has 3 rings (SSSR count). The minimum atomic E-state index is -0.250. The fraction of sp³-hybridized carbons (Fsp3) is 0.684. The molecule has 0 bridgehead atoms. The van der Waals surface area contributed by atoms with Crippen LogP contribution in [0.5, 0.6) is 0 Å². The molecule has 1 saturated heterocycles. The fourth-order valence-electron chi connectivity index (χ4n) is 4.37. The molecule has 3 atom stereocenters. The van der Waals surface area contributed by atoms with Gasteiger partial charge in [-0.2, -0.15) is 0 Å². The second-order valence-corrected chi connectivity index (χ2v) is 7.59. The SMILES string of the molecule is CC(C)C[C@H]1CN2CCc3cc(CO)c(CO)cc3C2CC1O. The van der Waals surface area contributed by atoms with Crippen LogP contribution in [0.3, 0.4) is 0 Å². The van der Waals surface area contributed by atoms with Gasteiger partial charge in [0.1, 0.15) is 0 Å². The molecule has 0 aromatic heterocycles. The summed E-state index contributed by atoms with van der Waals surface area (Å²) in [5, 5.41) is 29.6. The van der Waals surface area contributed by atoms with Gasteiger partial charge in [-0.15, -0.1) is 0 Å². The lowest BCUT2D eigenvalue weighted by Gasteiger charge is -2.46. The van der Waals surface area contributed by atoms with Crippen molar-refractivity contribution in [2.45, 2.75) is 58.5 Å². The maximum Gasteiger partial charge on any atom is 0.0685 e. The first-order valence-corrected chi connectivity index (χ1v) is 8.81. The number of nitrogens with zero attached hydrogens (tertiary/aromatic N) is 1. The largest absolute Gasteiger partial charge is 0.393 e. The van der Waals surface area contributed by atoms with Gasteiger partial charge in [0.25, 0.3) is 0 Å². The van der Waals surface area contributed by atoms with E-state index in [9.17, 15) is 15.3 Å². The van der Waals surface area contributed by atoms with Gasteiger partial charge < -0.3 is 15.3 Å². The second kappa shape index (κ2) is 6.89. The van der Waals surface area contributed by atoms with Crippen molar-refractivity contribution in [2.24, 2.45) is 11.8 Å². The molecule has 1 aromatic rings. The molecule has 1 fully saturated rings. The summed E-state index contributed by atoms with van der Waals surface area (Å²) < 4.78 is 0. The third-order valence-electron chi connectivity index (χ3n) is 5.52. The highest BCUT2D eigenvalue weighted by atomic mass is 16.3. The molecule has 2 aliphatic rings. The second-order valence-electron chi connectivity index (χ2n) is 7.59. The summed E-state index contributed by atoms with van der Waals surface area (Å²) in [5.74, 6) is 0.971. The number of hydrogen-bond donors (Lipinski definition) is 3. The van der Waals surface area contributed by atoms with Crippen molar-refractivity contribution in [3.8, 4) is 0 Å². The Labute approximate surface area is 138 Å². The summed E-state index contributed by atoms with van der Waals surface area (Å²) in [7, 11) is 0. The normalized spacial score (nSPS) is 27.8. The lowest BCUT2D eigenvalue weighted by atomic mass is 9.78. The highest BCUT2D eigenvalue weighted by Crippen LogP contribution is 2.40. The summed E-state index contributed by atoms with van der Waals surface area (Å²) in [6.45, 7) is 6.33. The van der Waals surface area contributed by atoms with Crippen molar-refractivity contribution in [1.29, 1.82) is 0 Å². The molecule has 2 heterocycles. The van der Waals surface area contributed by atoms with E-state index in [2.05, 4.69) is 18.7 Å². The van der Waals surface area contributed by atoms with Gasteiger partial charge in [0, 0.05) is 19.1 Å². The summed E-state index contributed by atoms with van der Waals surface area (Å²) in [4.78, 5) is 2.50. The first kappa shape index (κ1) is 16.9. The predicted molar refractivity (Wildman–Crippen MR) is 89.9 cm³/mol. The highest BCUT2D eigenvalue weighted by Gasteiger charge is 2.38. The Bertz CT molecular complexity index is 558. The number of hydrogen-bond acceptors (Lipinski definition) is 4. The lowest BCUT2D eigenvalue weighted by molar-refractivity contribution is -0.0191. The number of aliphatic hydroxyl groups is 3. The monoisotopic (exact) mass is 319 g/mol. The molecule has 3 N–H and O–H groups in total. The Morgan fingerprint density at radius 2 is 1.87 bits per heavy atom. The highest BCUT2D eigenvalue weighted by molar-refractivity contribution is 5.41. The average molecular weight is 319 g/mol. The number of benzene rings is 1. The Morgan fingerprint density at radius 1 is 1.17 bits per heavy atom. The summed E-state index contributed by atoms with van der Waals surface area (Å²) >= 11 is 0.